The van der Waals surface area contributed by atoms with Gasteiger partial charge in [0.15, 0.2) is 5.65 Å². The van der Waals surface area contributed by atoms with Crippen LogP contribution in [0.25, 0.3) is 11.5 Å². The van der Waals surface area contributed by atoms with Gasteiger partial charge in [0.25, 0.3) is 11.5 Å². The van der Waals surface area contributed by atoms with Crippen molar-refractivity contribution in [2.45, 2.75) is 25.4 Å². The Bertz CT molecular complexity index is 1330. The van der Waals surface area contributed by atoms with Gasteiger partial charge < -0.3 is 21.5 Å². The van der Waals surface area contributed by atoms with Crippen molar-refractivity contribution < 1.29 is 9.90 Å². The molecule has 0 aromatic carbocycles. The molecule has 1 aliphatic rings. The highest BCUT2D eigenvalue weighted by Crippen LogP contribution is 2.20. The summed E-state index contributed by atoms with van der Waals surface area (Å²) in [6.07, 6.45) is 7.98. The Kier molecular flexibility index (Phi) is 6.31. The van der Waals surface area contributed by atoms with E-state index < -0.39 is 5.91 Å². The molecule has 1 saturated carbocycles. The van der Waals surface area contributed by atoms with Crippen LogP contribution in [0.5, 0.6) is 0 Å². The molecule has 11 nitrogen and oxygen atoms in total. The van der Waals surface area contributed by atoms with Crippen molar-refractivity contribution in [2.75, 3.05) is 17.7 Å². The summed E-state index contributed by atoms with van der Waals surface area (Å²) >= 11 is 0. The van der Waals surface area contributed by atoms with E-state index >= 15 is 0 Å². The molecule has 0 radical (unpaired) electrons. The van der Waals surface area contributed by atoms with Crippen LogP contribution in [0.1, 0.15) is 29.6 Å². The largest absolute Gasteiger partial charge is 0.393 e. The van der Waals surface area contributed by atoms with Crippen LogP contribution < -0.4 is 21.9 Å². The van der Waals surface area contributed by atoms with Crippen LogP contribution in [0.3, 0.4) is 0 Å². The standard InChI is InChI=1S/C18H16N8O2.C4H8O/c1-20-15-9-13(24-17-11(16(19)27)10-22-26(15)17)23-12-5-4-8-25(18(12)28)14-6-2-3-7-21-14;5-4-2-1-3-4/h2-10,20H,1H3,(H2,19,27)(H,23,24);4-5H,1-3H2. The summed E-state index contributed by atoms with van der Waals surface area (Å²) in [7, 11) is 1.71. The number of amides is 1. The van der Waals surface area contributed by atoms with Crippen molar-refractivity contribution in [1.82, 2.24) is 24.1 Å². The first-order valence-electron chi connectivity index (χ1n) is 10.4. The Hall–Kier alpha value is -4.25. The monoisotopic (exact) mass is 448 g/mol. The van der Waals surface area contributed by atoms with Crippen molar-refractivity contribution >= 4 is 28.9 Å². The molecule has 5 N–H and O–H groups in total. The van der Waals surface area contributed by atoms with Crippen LogP contribution in [0.2, 0.25) is 0 Å². The summed E-state index contributed by atoms with van der Waals surface area (Å²) in [6.45, 7) is 0. The average Bonchev–Trinajstić information content (AvgIpc) is 3.24. The van der Waals surface area contributed by atoms with E-state index in [1.165, 1.54) is 21.7 Å². The lowest BCUT2D eigenvalue weighted by atomic mass is 9.97. The van der Waals surface area contributed by atoms with Crippen LogP contribution >= 0.6 is 0 Å². The molecule has 1 amide bonds. The number of rotatable bonds is 5. The zero-order chi connectivity index (χ0) is 23.4. The van der Waals surface area contributed by atoms with Crippen LogP contribution in [0.4, 0.5) is 17.3 Å². The molecule has 4 aromatic heterocycles. The number of aliphatic hydroxyl groups is 1. The van der Waals surface area contributed by atoms with Crippen LogP contribution in [0.15, 0.2) is 59.8 Å². The molecule has 0 spiro atoms. The lowest BCUT2D eigenvalue weighted by Crippen LogP contribution is -2.21. The van der Waals surface area contributed by atoms with Crippen molar-refractivity contribution in [3.8, 4) is 5.82 Å². The SMILES string of the molecule is CNc1cc(Nc2cccn(-c3ccccn3)c2=O)nc2c(C(N)=O)cnn12.OC1CCC1. The minimum atomic E-state index is -0.640. The summed E-state index contributed by atoms with van der Waals surface area (Å²) in [5.74, 6) is 0.790. The Balaban J connectivity index is 0.000000459. The molecule has 0 aliphatic heterocycles. The molecular weight excluding hydrogens is 424 g/mol. The maximum Gasteiger partial charge on any atom is 0.279 e. The normalized spacial score (nSPS) is 13.0. The number of fused-ring (bicyclic) bond motifs is 1. The highest BCUT2D eigenvalue weighted by atomic mass is 16.3. The molecule has 0 bridgehead atoms. The van der Waals surface area contributed by atoms with Gasteiger partial charge in [0.05, 0.1) is 12.3 Å². The molecule has 11 heteroatoms. The van der Waals surface area contributed by atoms with Crippen molar-refractivity contribution in [1.29, 1.82) is 0 Å². The van der Waals surface area contributed by atoms with Crippen molar-refractivity contribution in [2.24, 2.45) is 5.73 Å². The van der Waals surface area contributed by atoms with Gasteiger partial charge >= 0.3 is 0 Å². The van der Waals surface area contributed by atoms with Gasteiger partial charge in [-0.15, -0.1) is 0 Å². The van der Waals surface area contributed by atoms with Crippen LogP contribution in [0, 0.1) is 0 Å². The third-order valence-electron chi connectivity index (χ3n) is 5.17. The smallest absolute Gasteiger partial charge is 0.279 e. The third-order valence-corrected chi connectivity index (χ3v) is 5.17. The fourth-order valence-corrected chi connectivity index (χ4v) is 3.17. The summed E-state index contributed by atoms with van der Waals surface area (Å²) < 4.78 is 2.88. The number of hydrogen-bond donors (Lipinski definition) is 4. The highest BCUT2D eigenvalue weighted by molar-refractivity contribution is 5.98. The number of nitrogens with zero attached hydrogens (tertiary/aromatic N) is 5. The minimum Gasteiger partial charge on any atom is -0.393 e. The summed E-state index contributed by atoms with van der Waals surface area (Å²) in [5, 5.41) is 18.5. The van der Waals surface area contributed by atoms with Crippen molar-refractivity contribution in [3.05, 3.63) is 70.9 Å². The number of nitrogens with two attached hydrogens (primary N) is 1. The second-order valence-corrected chi connectivity index (χ2v) is 7.43. The number of aromatic nitrogens is 5. The van der Waals surface area contributed by atoms with Gasteiger partial charge in [-0.3, -0.25) is 14.2 Å². The number of nitrogens with one attached hydrogen (secondary N) is 2. The lowest BCUT2D eigenvalue weighted by molar-refractivity contribution is 0.0949. The van der Waals surface area contributed by atoms with Gasteiger partial charge in [0.2, 0.25) is 0 Å². The Morgan fingerprint density at radius 2 is 2.03 bits per heavy atom. The highest BCUT2D eigenvalue weighted by Gasteiger charge is 2.15. The van der Waals surface area contributed by atoms with Gasteiger partial charge in [0, 0.05) is 25.5 Å². The number of pyridine rings is 2. The summed E-state index contributed by atoms with van der Waals surface area (Å²) in [6, 6.07) is 10.3. The summed E-state index contributed by atoms with van der Waals surface area (Å²) in [5.41, 5.74) is 5.86. The van der Waals surface area contributed by atoms with Crippen molar-refractivity contribution in [3.63, 3.8) is 0 Å². The molecule has 4 heterocycles. The fourth-order valence-electron chi connectivity index (χ4n) is 3.17. The minimum absolute atomic E-state index is 0.0648. The van der Waals surface area contributed by atoms with E-state index in [9.17, 15) is 9.59 Å². The number of carbonyl (C=O) groups is 1. The molecule has 170 valence electrons. The first-order chi connectivity index (χ1) is 16.0. The first kappa shape index (κ1) is 22.0. The lowest BCUT2D eigenvalue weighted by Gasteiger charge is -2.17. The number of hydrogen-bond acceptors (Lipinski definition) is 8. The van der Waals surface area contributed by atoms with E-state index in [1.54, 1.807) is 55.8 Å². The second kappa shape index (κ2) is 9.49. The maximum absolute atomic E-state index is 12.8. The van der Waals surface area contributed by atoms with E-state index in [-0.39, 0.29) is 22.9 Å². The molecule has 5 rings (SSSR count). The third kappa shape index (κ3) is 4.67. The quantitative estimate of drug-likeness (QED) is 0.360. The van der Waals surface area contributed by atoms with Gasteiger partial charge in [-0.25, -0.2) is 9.97 Å². The van der Waals surface area contributed by atoms with Crippen LogP contribution in [-0.4, -0.2) is 48.3 Å². The molecule has 1 aliphatic carbocycles. The molecular formula is C22H24N8O3. The number of anilines is 3. The topological polar surface area (TPSA) is 152 Å². The Labute approximate surface area is 188 Å². The van der Waals surface area contributed by atoms with Crippen LogP contribution in [-0.2, 0) is 0 Å². The van der Waals surface area contributed by atoms with E-state index in [1.807, 2.05) is 0 Å². The predicted octanol–water partition coefficient (Wildman–Crippen LogP) is 1.69. The predicted molar refractivity (Wildman–Crippen MR) is 124 cm³/mol. The van der Waals surface area contributed by atoms with E-state index in [4.69, 9.17) is 10.8 Å². The zero-order valence-corrected chi connectivity index (χ0v) is 18.0. The summed E-state index contributed by atoms with van der Waals surface area (Å²) in [4.78, 5) is 33.1. The molecule has 33 heavy (non-hydrogen) atoms. The Morgan fingerprint density at radius 1 is 1.24 bits per heavy atom. The molecule has 0 saturated heterocycles. The van der Waals surface area contributed by atoms with E-state index in [0.29, 0.717) is 23.1 Å². The average molecular weight is 448 g/mol. The zero-order valence-electron chi connectivity index (χ0n) is 18.0. The number of carbonyl (C=O) groups excluding carboxylic acids is 1. The Morgan fingerprint density at radius 3 is 2.64 bits per heavy atom. The molecule has 1 fully saturated rings. The molecule has 0 unspecified atom stereocenters. The van der Waals surface area contributed by atoms with Gasteiger partial charge in [-0.2, -0.15) is 9.61 Å². The van der Waals surface area contributed by atoms with E-state index in [0.717, 1.165) is 12.8 Å². The second-order valence-electron chi connectivity index (χ2n) is 7.43. The number of primary amides is 1. The maximum atomic E-state index is 12.8. The van der Waals surface area contributed by atoms with E-state index in [2.05, 4.69) is 25.7 Å². The number of aliphatic hydroxyl groups excluding tert-OH is 1. The van der Waals surface area contributed by atoms with Gasteiger partial charge in [0.1, 0.15) is 28.7 Å². The molecule has 4 aromatic rings. The fraction of sp³-hybridized carbons (Fsp3) is 0.227. The van der Waals surface area contributed by atoms with Gasteiger partial charge in [-0.05, 0) is 43.5 Å². The first-order valence-corrected chi connectivity index (χ1v) is 10.4. The molecule has 0 atom stereocenters. The van der Waals surface area contributed by atoms with Gasteiger partial charge in [-0.1, -0.05) is 6.07 Å².